The number of halogens is 4. The molecule has 1 aliphatic heterocycles. The number of allylic oxidation sites excluding steroid dienone is 1. The average molecular weight is 580 g/mol. The SMILES string of the molecule is COc1cc(S(=O)(=O)N2C[C@H](CCC(C)=O)Oc3c(F)cc(/C=C(\C)c4c(F)cccc4Cl)cc32)ccc1F. The molecule has 3 aromatic carbocycles. The van der Waals surface area contributed by atoms with Gasteiger partial charge in [-0.15, -0.1) is 0 Å². The molecular weight excluding hydrogens is 555 g/mol. The molecule has 0 N–H and O–H groups in total. The van der Waals surface area contributed by atoms with Crippen LogP contribution < -0.4 is 13.8 Å². The summed E-state index contributed by atoms with van der Waals surface area (Å²) in [6.45, 7) is 2.75. The molecule has 0 aliphatic carbocycles. The van der Waals surface area contributed by atoms with Gasteiger partial charge in [0.15, 0.2) is 23.1 Å². The van der Waals surface area contributed by atoms with E-state index in [0.29, 0.717) is 5.57 Å². The molecule has 1 atom stereocenters. The molecule has 3 aromatic rings. The highest BCUT2D eigenvalue weighted by atomic mass is 35.5. The number of rotatable bonds is 8. The summed E-state index contributed by atoms with van der Waals surface area (Å²) in [6, 6.07) is 9.83. The molecule has 0 radical (unpaired) electrons. The van der Waals surface area contributed by atoms with Gasteiger partial charge in [0, 0.05) is 18.1 Å². The number of fused-ring (bicyclic) bond motifs is 1. The Labute approximate surface area is 229 Å². The standard InChI is InChI=1S/C28H25ClF3NO5S/c1-16(27-21(29)5-4-6-23(27)31)11-18-12-24(32)28-25(13-18)33(15-19(38-28)8-7-17(2)34)39(35,36)20-9-10-22(30)26(14-20)37-3/h4-6,9-14,19H,7-8,15H2,1-3H3/b16-11+/t19-/m0/s1. The van der Waals surface area contributed by atoms with Gasteiger partial charge < -0.3 is 14.3 Å². The Morgan fingerprint density at radius 1 is 1.10 bits per heavy atom. The second-order valence-corrected chi connectivity index (χ2v) is 11.4. The Morgan fingerprint density at radius 2 is 1.85 bits per heavy atom. The third-order valence-electron chi connectivity index (χ3n) is 6.24. The number of ether oxygens (including phenoxy) is 2. The van der Waals surface area contributed by atoms with Crippen LogP contribution >= 0.6 is 11.6 Å². The van der Waals surface area contributed by atoms with E-state index in [9.17, 15) is 22.0 Å². The summed E-state index contributed by atoms with van der Waals surface area (Å²) in [5, 5.41) is 0.160. The summed E-state index contributed by atoms with van der Waals surface area (Å²) in [5.41, 5.74) is 0.633. The van der Waals surface area contributed by atoms with Crippen molar-refractivity contribution < 1.29 is 35.9 Å². The maximum atomic E-state index is 15.4. The maximum absolute atomic E-state index is 15.4. The van der Waals surface area contributed by atoms with Crippen LogP contribution in [-0.2, 0) is 14.8 Å². The lowest BCUT2D eigenvalue weighted by Gasteiger charge is -2.36. The van der Waals surface area contributed by atoms with E-state index in [1.54, 1.807) is 6.92 Å². The van der Waals surface area contributed by atoms with E-state index in [-0.39, 0.29) is 63.4 Å². The molecular formula is C28H25ClF3NO5S. The van der Waals surface area contributed by atoms with Crippen molar-refractivity contribution in [1.82, 2.24) is 0 Å². The summed E-state index contributed by atoms with van der Waals surface area (Å²) >= 11 is 6.17. The van der Waals surface area contributed by atoms with Crippen LogP contribution in [0.4, 0.5) is 18.9 Å². The number of methoxy groups -OCH3 is 1. The molecule has 4 rings (SSSR count). The highest BCUT2D eigenvalue weighted by Crippen LogP contribution is 2.42. The van der Waals surface area contributed by atoms with Crippen LogP contribution in [0.15, 0.2) is 53.4 Å². The molecule has 0 aromatic heterocycles. The van der Waals surface area contributed by atoms with Crippen molar-refractivity contribution in [3.63, 3.8) is 0 Å². The van der Waals surface area contributed by atoms with Gasteiger partial charge in [0.05, 0.1) is 29.3 Å². The fourth-order valence-corrected chi connectivity index (χ4v) is 6.16. The first-order chi connectivity index (χ1) is 18.4. The summed E-state index contributed by atoms with van der Waals surface area (Å²) in [4.78, 5) is 11.3. The number of anilines is 1. The topological polar surface area (TPSA) is 72.9 Å². The van der Waals surface area contributed by atoms with E-state index >= 15 is 4.39 Å². The first-order valence-electron chi connectivity index (χ1n) is 11.9. The highest BCUT2D eigenvalue weighted by molar-refractivity contribution is 7.92. The lowest BCUT2D eigenvalue weighted by Crippen LogP contribution is -2.44. The van der Waals surface area contributed by atoms with Gasteiger partial charge in [0.2, 0.25) is 0 Å². The number of carbonyl (C=O) groups is 1. The molecule has 11 heteroatoms. The van der Waals surface area contributed by atoms with Gasteiger partial charge in [-0.3, -0.25) is 4.31 Å². The summed E-state index contributed by atoms with van der Waals surface area (Å²) in [5.74, 6) is -2.90. The molecule has 0 fully saturated rings. The van der Waals surface area contributed by atoms with E-state index in [1.165, 1.54) is 44.4 Å². The van der Waals surface area contributed by atoms with E-state index in [1.807, 2.05) is 0 Å². The molecule has 39 heavy (non-hydrogen) atoms. The zero-order chi connectivity index (χ0) is 28.5. The number of ketones is 1. The number of carbonyl (C=O) groups excluding carboxylic acids is 1. The summed E-state index contributed by atoms with van der Waals surface area (Å²) in [7, 11) is -3.17. The molecule has 0 saturated carbocycles. The zero-order valence-corrected chi connectivity index (χ0v) is 22.9. The second-order valence-electron chi connectivity index (χ2n) is 9.09. The molecule has 0 unspecified atom stereocenters. The first-order valence-corrected chi connectivity index (χ1v) is 13.7. The molecule has 0 spiro atoms. The lowest BCUT2D eigenvalue weighted by atomic mass is 10.0. The van der Waals surface area contributed by atoms with Crippen LogP contribution in [0.5, 0.6) is 11.5 Å². The van der Waals surface area contributed by atoms with Crippen LogP contribution in [0.3, 0.4) is 0 Å². The van der Waals surface area contributed by atoms with Crippen molar-refractivity contribution in [3.05, 3.63) is 82.1 Å². The number of sulfonamides is 1. The summed E-state index contributed by atoms with van der Waals surface area (Å²) in [6.07, 6.45) is 0.901. The van der Waals surface area contributed by atoms with Crippen molar-refractivity contribution in [2.45, 2.75) is 37.7 Å². The van der Waals surface area contributed by atoms with Crippen molar-refractivity contribution in [2.24, 2.45) is 0 Å². The van der Waals surface area contributed by atoms with Crippen molar-refractivity contribution in [3.8, 4) is 11.5 Å². The molecule has 0 bridgehead atoms. The van der Waals surface area contributed by atoms with Crippen molar-refractivity contribution in [2.75, 3.05) is 18.0 Å². The minimum atomic E-state index is -4.37. The van der Waals surface area contributed by atoms with Crippen LogP contribution in [0, 0.1) is 17.5 Å². The third-order valence-corrected chi connectivity index (χ3v) is 8.33. The molecule has 206 valence electrons. The Bertz CT molecular complexity index is 1560. The Hall–Kier alpha value is -3.50. The number of nitrogens with zero attached hydrogens (tertiary/aromatic N) is 1. The third kappa shape index (κ3) is 5.91. The number of hydrogen-bond donors (Lipinski definition) is 0. The van der Waals surface area contributed by atoms with E-state index in [0.717, 1.165) is 28.6 Å². The van der Waals surface area contributed by atoms with Crippen molar-refractivity contribution in [1.29, 1.82) is 0 Å². The minimum absolute atomic E-state index is 0.100. The lowest BCUT2D eigenvalue weighted by molar-refractivity contribution is -0.117. The van der Waals surface area contributed by atoms with Crippen LogP contribution in [0.1, 0.15) is 37.8 Å². The zero-order valence-electron chi connectivity index (χ0n) is 21.3. The molecule has 0 saturated heterocycles. The maximum Gasteiger partial charge on any atom is 0.264 e. The van der Waals surface area contributed by atoms with Gasteiger partial charge in [0.25, 0.3) is 10.0 Å². The van der Waals surface area contributed by atoms with Crippen LogP contribution in [-0.4, -0.2) is 34.0 Å². The fraction of sp³-hybridized carbons (Fsp3) is 0.250. The quantitative estimate of drug-likeness (QED) is 0.279. The monoisotopic (exact) mass is 579 g/mol. The summed E-state index contributed by atoms with van der Waals surface area (Å²) < 4.78 is 83.2. The fourth-order valence-electron chi connectivity index (χ4n) is 4.34. The normalized spacial score (nSPS) is 15.5. The number of benzene rings is 3. The molecule has 6 nitrogen and oxygen atoms in total. The average Bonchev–Trinajstić information content (AvgIpc) is 2.87. The van der Waals surface area contributed by atoms with Gasteiger partial charge in [0.1, 0.15) is 17.7 Å². The largest absolute Gasteiger partial charge is 0.494 e. The Morgan fingerprint density at radius 3 is 2.51 bits per heavy atom. The first kappa shape index (κ1) is 28.5. The Kier molecular flexibility index (Phi) is 8.27. The predicted molar refractivity (Wildman–Crippen MR) is 143 cm³/mol. The predicted octanol–water partition coefficient (Wildman–Crippen LogP) is 6.65. The second kappa shape index (κ2) is 11.3. The van der Waals surface area contributed by atoms with Gasteiger partial charge in [-0.2, -0.15) is 0 Å². The minimum Gasteiger partial charge on any atom is -0.494 e. The van der Waals surface area contributed by atoms with E-state index < -0.39 is 33.6 Å². The molecule has 1 aliphatic rings. The van der Waals surface area contributed by atoms with E-state index in [2.05, 4.69) is 0 Å². The smallest absolute Gasteiger partial charge is 0.264 e. The van der Waals surface area contributed by atoms with Crippen LogP contribution in [0.25, 0.3) is 11.6 Å². The van der Waals surface area contributed by atoms with Crippen LogP contribution in [0.2, 0.25) is 5.02 Å². The number of hydrogen-bond acceptors (Lipinski definition) is 5. The molecule has 0 amide bonds. The van der Waals surface area contributed by atoms with Gasteiger partial charge >= 0.3 is 0 Å². The van der Waals surface area contributed by atoms with Crippen molar-refractivity contribution >= 4 is 44.7 Å². The Balaban J connectivity index is 1.85. The highest BCUT2D eigenvalue weighted by Gasteiger charge is 2.37. The van der Waals surface area contributed by atoms with Gasteiger partial charge in [-0.25, -0.2) is 21.6 Å². The van der Waals surface area contributed by atoms with Gasteiger partial charge in [-0.05, 0) is 67.8 Å². The van der Waals surface area contributed by atoms with Gasteiger partial charge in [-0.1, -0.05) is 23.7 Å². The van der Waals surface area contributed by atoms with E-state index in [4.69, 9.17) is 21.1 Å². The molecule has 1 heterocycles. The number of Topliss-reactive ketones (excluding diaryl/α,β-unsaturated/α-hetero) is 1.